The van der Waals surface area contributed by atoms with Gasteiger partial charge < -0.3 is 4.74 Å². The Morgan fingerprint density at radius 1 is 0.806 bits per heavy atom. The fraction of sp³-hybridized carbons (Fsp3) is 0.481. The van der Waals surface area contributed by atoms with Crippen LogP contribution in [-0.4, -0.2) is 12.7 Å². The molecule has 1 nitrogen and oxygen atoms in total. The maximum Gasteiger partial charge on any atom is 0.416 e. The van der Waals surface area contributed by atoms with Gasteiger partial charge in [0, 0.05) is 17.7 Å². The Labute approximate surface area is 183 Å². The molecule has 0 aliphatic heterocycles. The molecule has 0 spiro atoms. The molecule has 0 aromatic heterocycles. The van der Waals surface area contributed by atoms with E-state index in [2.05, 4.69) is 30.9 Å². The zero-order valence-corrected chi connectivity index (χ0v) is 17.9. The Hall–Kier alpha value is -2.25. The molecule has 4 rings (SSSR count). The van der Waals surface area contributed by atoms with Gasteiger partial charge in [-0.3, -0.25) is 0 Å². The lowest BCUT2D eigenvalue weighted by Crippen LogP contribution is -2.33. The van der Waals surface area contributed by atoms with E-state index in [1.165, 1.54) is 56.2 Å². The fourth-order valence-corrected chi connectivity index (χ4v) is 5.26. The number of ether oxygens (including phenoxy) is 1. The molecular weight excluding hydrogens is 397 g/mol. The molecule has 2 aromatic carbocycles. The molecule has 0 saturated heterocycles. The quantitative estimate of drug-likeness (QED) is 0.472. The van der Waals surface area contributed by atoms with Gasteiger partial charge in [0.1, 0.15) is 0 Å². The molecule has 2 aromatic rings. The van der Waals surface area contributed by atoms with E-state index < -0.39 is 11.7 Å². The van der Waals surface area contributed by atoms with E-state index in [1.807, 2.05) is 12.1 Å². The van der Waals surface area contributed by atoms with Crippen LogP contribution in [0.1, 0.15) is 73.6 Å². The van der Waals surface area contributed by atoms with Crippen molar-refractivity contribution in [3.63, 3.8) is 0 Å². The fourth-order valence-electron chi connectivity index (χ4n) is 5.26. The van der Waals surface area contributed by atoms with E-state index in [1.54, 1.807) is 0 Å². The van der Waals surface area contributed by atoms with Crippen molar-refractivity contribution in [1.29, 1.82) is 0 Å². The molecule has 31 heavy (non-hydrogen) atoms. The summed E-state index contributed by atoms with van der Waals surface area (Å²) >= 11 is 0. The number of rotatable bonds is 3. The molecule has 0 amide bonds. The van der Waals surface area contributed by atoms with Gasteiger partial charge in [-0.15, -0.1) is 0 Å². The lowest BCUT2D eigenvalue weighted by Gasteiger charge is -2.42. The van der Waals surface area contributed by atoms with E-state index in [-0.39, 0.29) is 0 Å². The molecule has 0 N–H and O–H groups in total. The molecule has 0 heterocycles. The Kier molecular flexibility index (Phi) is 6.72. The normalized spacial score (nSPS) is 25.9. The number of fused-ring (bicyclic) bond motifs is 1. The second-order valence-corrected chi connectivity index (χ2v) is 8.87. The number of alkyl halides is 3. The molecule has 164 valence electrons. The zero-order chi connectivity index (χ0) is 21.8. The van der Waals surface area contributed by atoms with Crippen LogP contribution in [0.3, 0.4) is 0 Å². The largest absolute Gasteiger partial charge is 0.416 e. The van der Waals surface area contributed by atoms with Crippen LogP contribution in [0.4, 0.5) is 13.2 Å². The number of hydrogen-bond donors (Lipinski definition) is 0. The van der Waals surface area contributed by atoms with Crippen LogP contribution in [0.2, 0.25) is 0 Å². The minimum Gasteiger partial charge on any atom is -0.378 e. The van der Waals surface area contributed by atoms with Crippen LogP contribution in [0, 0.1) is 23.7 Å². The van der Waals surface area contributed by atoms with Gasteiger partial charge in [0.25, 0.3) is 0 Å². The van der Waals surface area contributed by atoms with Crippen molar-refractivity contribution < 1.29 is 17.9 Å². The van der Waals surface area contributed by atoms with Crippen molar-refractivity contribution in [2.24, 2.45) is 11.8 Å². The summed E-state index contributed by atoms with van der Waals surface area (Å²) in [6.07, 6.45) is 3.63. The molecule has 4 unspecified atom stereocenters. The van der Waals surface area contributed by atoms with Crippen molar-refractivity contribution in [2.45, 2.75) is 63.6 Å². The van der Waals surface area contributed by atoms with Gasteiger partial charge in [0.2, 0.25) is 0 Å². The molecule has 2 fully saturated rings. The van der Waals surface area contributed by atoms with E-state index in [0.717, 1.165) is 36.1 Å². The lowest BCUT2D eigenvalue weighted by molar-refractivity contribution is -0.137. The highest BCUT2D eigenvalue weighted by Crippen LogP contribution is 2.46. The third-order valence-corrected chi connectivity index (χ3v) is 6.91. The minimum absolute atomic E-state index is 0.463. The van der Waals surface area contributed by atoms with Crippen LogP contribution >= 0.6 is 0 Å². The summed E-state index contributed by atoms with van der Waals surface area (Å²) in [5.74, 6) is 8.27. The molecule has 0 bridgehead atoms. The maximum absolute atomic E-state index is 12.7. The van der Waals surface area contributed by atoms with Crippen molar-refractivity contribution in [3.05, 3.63) is 70.8 Å². The van der Waals surface area contributed by atoms with E-state index in [9.17, 15) is 13.2 Å². The smallest absolute Gasteiger partial charge is 0.378 e. The van der Waals surface area contributed by atoms with Gasteiger partial charge in [-0.25, -0.2) is 0 Å². The van der Waals surface area contributed by atoms with Gasteiger partial charge in [-0.2, -0.15) is 13.2 Å². The van der Waals surface area contributed by atoms with E-state index >= 15 is 0 Å². The van der Waals surface area contributed by atoms with Gasteiger partial charge in [-0.05, 0) is 105 Å². The predicted octanol–water partition coefficient (Wildman–Crippen LogP) is 7.19. The topological polar surface area (TPSA) is 9.23 Å². The second-order valence-electron chi connectivity index (χ2n) is 8.87. The van der Waals surface area contributed by atoms with Gasteiger partial charge in [-0.1, -0.05) is 24.0 Å². The van der Waals surface area contributed by atoms with Crippen LogP contribution in [0.25, 0.3) is 0 Å². The lowest BCUT2D eigenvalue weighted by atomic mass is 9.65. The minimum atomic E-state index is -4.32. The summed E-state index contributed by atoms with van der Waals surface area (Å²) < 4.78 is 43.8. The Balaban J connectivity index is 1.36. The van der Waals surface area contributed by atoms with Gasteiger partial charge in [0.15, 0.2) is 0 Å². The zero-order valence-electron chi connectivity index (χ0n) is 17.9. The highest BCUT2D eigenvalue weighted by molar-refractivity contribution is 5.44. The summed E-state index contributed by atoms with van der Waals surface area (Å²) in [7, 11) is 0. The third kappa shape index (κ3) is 5.52. The summed E-state index contributed by atoms with van der Waals surface area (Å²) in [5, 5.41) is 0. The molecule has 4 heteroatoms. The van der Waals surface area contributed by atoms with E-state index in [4.69, 9.17) is 4.74 Å². The molecular formula is C27H29F3O. The molecule has 2 aliphatic rings. The summed E-state index contributed by atoms with van der Waals surface area (Å²) in [5.41, 5.74) is 2.20. The molecule has 2 saturated carbocycles. The number of halogens is 3. The SMILES string of the molecule is CCOC1CCC2CC(c3ccc(C#Cc4ccc(C(F)(F)F)cc4)cc3)CCC2C1. The maximum atomic E-state index is 12.7. The average molecular weight is 427 g/mol. The van der Waals surface area contributed by atoms with Crippen LogP contribution in [-0.2, 0) is 10.9 Å². The van der Waals surface area contributed by atoms with Gasteiger partial charge in [0.05, 0.1) is 11.7 Å². The monoisotopic (exact) mass is 426 g/mol. The third-order valence-electron chi connectivity index (χ3n) is 6.91. The Bertz CT molecular complexity index is 918. The first kappa shape index (κ1) is 22.0. The van der Waals surface area contributed by atoms with E-state index in [0.29, 0.717) is 17.6 Å². The number of benzene rings is 2. The van der Waals surface area contributed by atoms with Crippen LogP contribution in [0.15, 0.2) is 48.5 Å². The number of hydrogen-bond acceptors (Lipinski definition) is 1. The first-order chi connectivity index (χ1) is 14.9. The summed E-state index contributed by atoms with van der Waals surface area (Å²) in [6.45, 7) is 2.90. The Morgan fingerprint density at radius 2 is 1.39 bits per heavy atom. The second kappa shape index (κ2) is 9.49. The molecule has 0 radical (unpaired) electrons. The van der Waals surface area contributed by atoms with Crippen molar-refractivity contribution in [3.8, 4) is 11.8 Å². The molecule has 2 aliphatic carbocycles. The van der Waals surface area contributed by atoms with Crippen LogP contribution < -0.4 is 0 Å². The predicted molar refractivity (Wildman–Crippen MR) is 117 cm³/mol. The van der Waals surface area contributed by atoms with Crippen molar-refractivity contribution in [1.82, 2.24) is 0 Å². The molecule has 4 atom stereocenters. The van der Waals surface area contributed by atoms with Crippen molar-refractivity contribution in [2.75, 3.05) is 6.61 Å². The standard InChI is InChI=1S/C27H29F3O/c1-2-31-26-16-13-23-17-22(11-12-24(23)18-26)21-9-5-19(6-10-21)3-4-20-7-14-25(15-8-20)27(28,29)30/h5-10,14-15,22-24,26H,2,11-13,16-18H2,1H3. The Morgan fingerprint density at radius 3 is 2.00 bits per heavy atom. The van der Waals surface area contributed by atoms with Crippen molar-refractivity contribution >= 4 is 0 Å². The summed E-state index contributed by atoms with van der Waals surface area (Å²) in [6, 6.07) is 13.4. The van der Waals surface area contributed by atoms with Crippen LogP contribution in [0.5, 0.6) is 0 Å². The summed E-state index contributed by atoms with van der Waals surface area (Å²) in [4.78, 5) is 0. The first-order valence-electron chi connectivity index (χ1n) is 11.3. The highest BCUT2D eigenvalue weighted by atomic mass is 19.4. The van der Waals surface area contributed by atoms with Gasteiger partial charge >= 0.3 is 6.18 Å². The highest BCUT2D eigenvalue weighted by Gasteiger charge is 2.36. The average Bonchev–Trinajstić information content (AvgIpc) is 2.78. The first-order valence-corrected chi connectivity index (χ1v) is 11.3.